The third kappa shape index (κ3) is 3.29. The summed E-state index contributed by atoms with van der Waals surface area (Å²) in [6, 6.07) is 12.1. The van der Waals surface area contributed by atoms with Crippen LogP contribution in [0.3, 0.4) is 0 Å². The fraction of sp³-hybridized carbons (Fsp3) is 0.263. The first-order valence-corrected chi connectivity index (χ1v) is 10.4. The zero-order chi connectivity index (χ0) is 18.1. The lowest BCUT2D eigenvalue weighted by Crippen LogP contribution is -2.48. The maximum atomic E-state index is 13.4. The van der Waals surface area contributed by atoms with Crippen molar-refractivity contribution in [1.29, 1.82) is 0 Å². The predicted octanol–water partition coefficient (Wildman–Crippen LogP) is 4.12. The summed E-state index contributed by atoms with van der Waals surface area (Å²) < 4.78 is 14.5. The number of fused-ring (bicyclic) bond motifs is 1. The van der Waals surface area contributed by atoms with E-state index in [1.54, 1.807) is 40.1 Å². The molecule has 0 aliphatic carbocycles. The molecule has 0 unspecified atom stereocenters. The van der Waals surface area contributed by atoms with E-state index < -0.39 is 0 Å². The molecule has 4 nitrogen and oxygen atoms in total. The molecule has 4 rings (SSSR count). The summed E-state index contributed by atoms with van der Waals surface area (Å²) in [7, 11) is 0. The van der Waals surface area contributed by atoms with Gasteiger partial charge in [-0.05, 0) is 36.6 Å². The molecule has 0 bridgehead atoms. The molecule has 7 heteroatoms. The first kappa shape index (κ1) is 17.3. The Morgan fingerprint density at radius 2 is 1.92 bits per heavy atom. The third-order valence-electron chi connectivity index (χ3n) is 4.50. The molecule has 3 aromatic rings. The summed E-state index contributed by atoms with van der Waals surface area (Å²) in [4.78, 5) is 22.6. The second-order valence-corrected chi connectivity index (χ2v) is 7.95. The smallest absolute Gasteiger partial charge is 0.254 e. The van der Waals surface area contributed by atoms with E-state index in [2.05, 4.69) is 29.4 Å². The Morgan fingerprint density at radius 1 is 1.15 bits per heavy atom. The summed E-state index contributed by atoms with van der Waals surface area (Å²) >= 11 is 3.39. The minimum absolute atomic E-state index is 0.113. The molecule has 0 atom stereocenters. The molecular formula is C19H18FN3OS2. The van der Waals surface area contributed by atoms with Crippen LogP contribution in [0.4, 0.5) is 9.52 Å². The zero-order valence-corrected chi connectivity index (χ0v) is 15.9. The molecule has 2 aromatic carbocycles. The molecule has 0 N–H and O–H groups in total. The maximum Gasteiger partial charge on any atom is 0.254 e. The van der Waals surface area contributed by atoms with E-state index in [9.17, 15) is 9.18 Å². The predicted molar refractivity (Wildman–Crippen MR) is 106 cm³/mol. The number of hydrogen-bond donors (Lipinski definition) is 0. The van der Waals surface area contributed by atoms with Gasteiger partial charge < -0.3 is 9.80 Å². The summed E-state index contributed by atoms with van der Waals surface area (Å²) in [5.74, 6) is -0.494. The molecule has 26 heavy (non-hydrogen) atoms. The fourth-order valence-electron chi connectivity index (χ4n) is 3.12. The van der Waals surface area contributed by atoms with Gasteiger partial charge in [0.15, 0.2) is 5.13 Å². The molecule has 1 saturated heterocycles. The van der Waals surface area contributed by atoms with Crippen LogP contribution in [0.1, 0.15) is 10.4 Å². The number of rotatable bonds is 3. The van der Waals surface area contributed by atoms with Crippen molar-refractivity contribution < 1.29 is 9.18 Å². The van der Waals surface area contributed by atoms with Gasteiger partial charge in [0, 0.05) is 36.6 Å². The monoisotopic (exact) mass is 387 g/mol. The summed E-state index contributed by atoms with van der Waals surface area (Å²) in [5.41, 5.74) is 1.46. The van der Waals surface area contributed by atoms with E-state index in [1.165, 1.54) is 21.7 Å². The molecule has 1 fully saturated rings. The quantitative estimate of drug-likeness (QED) is 0.634. The Balaban J connectivity index is 1.47. The molecule has 0 spiro atoms. The van der Waals surface area contributed by atoms with Gasteiger partial charge >= 0.3 is 0 Å². The van der Waals surface area contributed by atoms with Crippen molar-refractivity contribution in [3.05, 3.63) is 53.8 Å². The van der Waals surface area contributed by atoms with Gasteiger partial charge in [-0.1, -0.05) is 23.5 Å². The van der Waals surface area contributed by atoms with E-state index in [4.69, 9.17) is 4.98 Å². The van der Waals surface area contributed by atoms with Gasteiger partial charge in [-0.25, -0.2) is 9.37 Å². The number of aromatic nitrogens is 1. The summed E-state index contributed by atoms with van der Waals surface area (Å²) in [6.07, 6.45) is 2.06. The molecule has 1 aromatic heterocycles. The third-order valence-corrected chi connectivity index (χ3v) is 6.35. The largest absolute Gasteiger partial charge is 0.345 e. The number of nitrogens with zero attached hydrogens (tertiary/aromatic N) is 3. The number of para-hydroxylation sites is 1. The van der Waals surface area contributed by atoms with Gasteiger partial charge in [-0.3, -0.25) is 4.79 Å². The standard InChI is InChI=1S/C19H18FN3OS2/c1-25-15-6-3-7-16-17(15)21-19(26-16)23-10-8-22(9-11-23)18(24)13-4-2-5-14(20)12-13/h2-7,12H,8-11H2,1H3. The molecular weight excluding hydrogens is 369 g/mol. The average Bonchev–Trinajstić information content (AvgIpc) is 3.12. The van der Waals surface area contributed by atoms with Crippen LogP contribution in [-0.4, -0.2) is 48.2 Å². The van der Waals surface area contributed by atoms with Gasteiger partial charge in [0.05, 0.1) is 10.2 Å². The van der Waals surface area contributed by atoms with Gasteiger partial charge in [-0.2, -0.15) is 0 Å². The maximum absolute atomic E-state index is 13.4. The minimum atomic E-state index is -0.381. The molecule has 1 aliphatic heterocycles. The number of thiazole rings is 1. The number of thioether (sulfide) groups is 1. The van der Waals surface area contributed by atoms with Crippen molar-refractivity contribution in [2.24, 2.45) is 0 Å². The van der Waals surface area contributed by atoms with Gasteiger partial charge in [0.2, 0.25) is 0 Å². The highest BCUT2D eigenvalue weighted by atomic mass is 32.2. The Labute approximate surface area is 159 Å². The van der Waals surface area contributed by atoms with Gasteiger partial charge in [0.25, 0.3) is 5.91 Å². The highest BCUT2D eigenvalue weighted by Crippen LogP contribution is 2.34. The van der Waals surface area contributed by atoms with Crippen LogP contribution >= 0.6 is 23.1 Å². The van der Waals surface area contributed by atoms with E-state index in [0.717, 1.165) is 23.7 Å². The first-order chi connectivity index (χ1) is 12.7. The molecule has 1 amide bonds. The SMILES string of the molecule is CSc1cccc2sc(N3CCN(C(=O)c4cccc(F)c4)CC3)nc12. The lowest BCUT2D eigenvalue weighted by Gasteiger charge is -2.34. The Morgan fingerprint density at radius 3 is 2.65 bits per heavy atom. The number of benzene rings is 2. The van der Waals surface area contributed by atoms with Crippen LogP contribution in [0, 0.1) is 5.82 Å². The number of carbonyl (C=O) groups is 1. The lowest BCUT2D eigenvalue weighted by atomic mass is 10.2. The van der Waals surface area contributed by atoms with Crippen LogP contribution in [0.25, 0.3) is 10.2 Å². The van der Waals surface area contributed by atoms with E-state index in [-0.39, 0.29) is 11.7 Å². The molecule has 0 saturated carbocycles. The van der Waals surface area contributed by atoms with Crippen molar-refractivity contribution in [3.8, 4) is 0 Å². The second-order valence-electron chi connectivity index (χ2n) is 6.09. The van der Waals surface area contributed by atoms with Crippen LogP contribution in [0.5, 0.6) is 0 Å². The fourth-order valence-corrected chi connectivity index (χ4v) is 4.79. The van der Waals surface area contributed by atoms with Crippen LogP contribution in [0.2, 0.25) is 0 Å². The number of piperazine rings is 1. The normalized spacial score (nSPS) is 14.8. The van der Waals surface area contributed by atoms with Crippen molar-refractivity contribution >= 4 is 44.4 Å². The minimum Gasteiger partial charge on any atom is -0.345 e. The average molecular weight is 388 g/mol. The number of halogens is 1. The molecule has 1 aliphatic rings. The molecule has 2 heterocycles. The second kappa shape index (κ2) is 7.25. The van der Waals surface area contributed by atoms with Gasteiger partial charge in [-0.15, -0.1) is 11.8 Å². The Kier molecular flexibility index (Phi) is 4.82. The van der Waals surface area contributed by atoms with Gasteiger partial charge in [0.1, 0.15) is 5.82 Å². The summed E-state index contributed by atoms with van der Waals surface area (Å²) in [6.45, 7) is 2.69. The first-order valence-electron chi connectivity index (χ1n) is 8.39. The van der Waals surface area contributed by atoms with E-state index in [1.807, 2.05) is 0 Å². The highest BCUT2D eigenvalue weighted by Gasteiger charge is 2.24. The number of hydrogen-bond acceptors (Lipinski definition) is 5. The Hall–Kier alpha value is -2.12. The van der Waals surface area contributed by atoms with E-state index in [0.29, 0.717) is 18.7 Å². The van der Waals surface area contributed by atoms with Crippen molar-refractivity contribution in [2.75, 3.05) is 37.3 Å². The van der Waals surface area contributed by atoms with Crippen molar-refractivity contribution in [3.63, 3.8) is 0 Å². The van der Waals surface area contributed by atoms with Crippen molar-refractivity contribution in [2.45, 2.75) is 4.90 Å². The highest BCUT2D eigenvalue weighted by molar-refractivity contribution is 7.98. The number of amides is 1. The number of carbonyl (C=O) groups excluding carboxylic acids is 1. The summed E-state index contributed by atoms with van der Waals surface area (Å²) in [5, 5.41) is 0.999. The lowest BCUT2D eigenvalue weighted by molar-refractivity contribution is 0.0746. The zero-order valence-electron chi connectivity index (χ0n) is 14.3. The van der Waals surface area contributed by atoms with Crippen LogP contribution in [-0.2, 0) is 0 Å². The van der Waals surface area contributed by atoms with Crippen LogP contribution < -0.4 is 4.90 Å². The molecule has 0 radical (unpaired) electrons. The van der Waals surface area contributed by atoms with Crippen LogP contribution in [0.15, 0.2) is 47.4 Å². The molecule has 134 valence electrons. The topological polar surface area (TPSA) is 36.4 Å². The number of anilines is 1. The Bertz CT molecular complexity index is 951. The van der Waals surface area contributed by atoms with E-state index >= 15 is 0 Å². The van der Waals surface area contributed by atoms with Crippen molar-refractivity contribution in [1.82, 2.24) is 9.88 Å².